The topological polar surface area (TPSA) is 158 Å². The summed E-state index contributed by atoms with van der Waals surface area (Å²) in [7, 11) is 6.58. The molecule has 5 amide bonds. The van der Waals surface area contributed by atoms with Gasteiger partial charge in [0.1, 0.15) is 11.6 Å². The quantitative estimate of drug-likeness (QED) is 0.138. The Morgan fingerprint density at radius 1 is 0.929 bits per heavy atom. The molecule has 1 saturated heterocycles. The third-order valence-corrected chi connectivity index (χ3v) is 12.2. The first-order chi connectivity index (χ1) is 26.5. The van der Waals surface area contributed by atoms with Gasteiger partial charge in [0.25, 0.3) is 0 Å². The van der Waals surface area contributed by atoms with Gasteiger partial charge in [-0.15, -0.1) is 0 Å². The molecule has 1 aromatic carbocycles. The molecule has 1 aliphatic carbocycles. The molecule has 13 nitrogen and oxygen atoms in total. The number of nitrogens with zero attached hydrogens (tertiary/aromatic N) is 2. The zero-order chi connectivity index (χ0) is 41.9. The molecule has 0 radical (unpaired) electrons. The fourth-order valence-electron chi connectivity index (χ4n) is 8.58. The number of hydrogen-bond acceptors (Lipinski definition) is 8. The molecule has 0 unspecified atom stereocenters. The second kappa shape index (κ2) is 21.3. The van der Waals surface area contributed by atoms with Gasteiger partial charge in [-0.2, -0.15) is 0 Å². The maximum Gasteiger partial charge on any atom is 0.246 e. The van der Waals surface area contributed by atoms with Crippen molar-refractivity contribution >= 4 is 29.5 Å². The number of benzene rings is 1. The number of carbonyl (C=O) groups is 5. The Morgan fingerprint density at radius 2 is 1.57 bits per heavy atom. The lowest BCUT2D eigenvalue weighted by Crippen LogP contribution is -2.59. The smallest absolute Gasteiger partial charge is 0.246 e. The maximum atomic E-state index is 14.3. The minimum absolute atomic E-state index is 0.0178. The summed E-state index contributed by atoms with van der Waals surface area (Å²) < 4.78 is 12.1. The molecule has 4 N–H and O–H groups in total. The summed E-state index contributed by atoms with van der Waals surface area (Å²) in [5, 5.41) is 12.2. The molecular weight excluding hydrogens is 713 g/mol. The molecule has 0 bridgehead atoms. The van der Waals surface area contributed by atoms with E-state index in [1.807, 2.05) is 78.8 Å². The molecular formula is C43H72N6O7. The number of ether oxygens (including phenoxy) is 2. The van der Waals surface area contributed by atoms with Gasteiger partial charge < -0.3 is 40.5 Å². The monoisotopic (exact) mass is 785 g/mol. The summed E-state index contributed by atoms with van der Waals surface area (Å²) in [6, 6.07) is 7.71. The van der Waals surface area contributed by atoms with Gasteiger partial charge in [-0.1, -0.05) is 92.1 Å². The summed E-state index contributed by atoms with van der Waals surface area (Å²) >= 11 is 0. The molecule has 0 spiro atoms. The molecule has 10 atom stereocenters. The zero-order valence-corrected chi connectivity index (χ0v) is 36.1. The molecule has 2 fully saturated rings. The van der Waals surface area contributed by atoms with E-state index < -0.39 is 41.8 Å². The average Bonchev–Trinajstić information content (AvgIpc) is 3.70. The Labute approximate surface area is 336 Å². The van der Waals surface area contributed by atoms with Crippen molar-refractivity contribution in [3.05, 3.63) is 35.9 Å². The summed E-state index contributed by atoms with van der Waals surface area (Å²) in [6.45, 7) is 16.6. The molecule has 1 aliphatic heterocycles. The predicted octanol–water partition coefficient (Wildman–Crippen LogP) is 3.86. The van der Waals surface area contributed by atoms with Crippen LogP contribution in [0.3, 0.4) is 0 Å². The van der Waals surface area contributed by atoms with Crippen LogP contribution in [0.4, 0.5) is 0 Å². The highest BCUT2D eigenvalue weighted by Gasteiger charge is 2.62. The summed E-state index contributed by atoms with van der Waals surface area (Å²) in [6.07, 6.45) is 2.18. The number of likely N-dealkylation sites (N-methyl/N-ethyl adjacent to an activating group) is 2. The maximum absolute atomic E-state index is 14.3. The van der Waals surface area contributed by atoms with E-state index in [1.165, 1.54) is 0 Å². The molecule has 1 heterocycles. The van der Waals surface area contributed by atoms with Crippen LogP contribution in [-0.4, -0.2) is 123 Å². The second-order valence-corrected chi connectivity index (χ2v) is 16.7. The lowest BCUT2D eigenvalue weighted by Gasteiger charge is -2.41. The van der Waals surface area contributed by atoms with Crippen molar-refractivity contribution in [1.29, 1.82) is 0 Å². The normalized spacial score (nSPS) is 23.1. The Kier molecular flexibility index (Phi) is 17.8. The third-order valence-electron chi connectivity index (χ3n) is 12.2. The Bertz CT molecular complexity index is 1460. The van der Waals surface area contributed by atoms with Gasteiger partial charge in [-0.3, -0.25) is 24.0 Å². The minimum Gasteiger partial charge on any atom is -0.379 e. The van der Waals surface area contributed by atoms with Gasteiger partial charge in [0.05, 0.1) is 42.7 Å². The van der Waals surface area contributed by atoms with Crippen LogP contribution in [0.1, 0.15) is 105 Å². The fraction of sp³-hybridized carbons (Fsp3) is 0.744. The SMILES string of the molecule is CCCNC(=O)[C@]1(NC(=O)[C@H](C)[C@@H](OC)[C@@H]2CCCN2C(=O)C[C@@H](OC)[C@H]([C@@H](C)CC)N(C)C(=O)[C@@H](NC(=O)[C@@H](NC)C(C)C)C(C)C)C[C@@H]1c1ccccc1. The molecule has 13 heteroatoms. The van der Waals surface area contributed by atoms with Crippen molar-refractivity contribution in [3.63, 3.8) is 0 Å². The van der Waals surface area contributed by atoms with Crippen LogP contribution >= 0.6 is 0 Å². The van der Waals surface area contributed by atoms with E-state index in [2.05, 4.69) is 21.3 Å². The summed E-state index contributed by atoms with van der Waals surface area (Å²) in [5.74, 6) is -2.10. The number of amides is 5. The van der Waals surface area contributed by atoms with Gasteiger partial charge in [0.15, 0.2) is 0 Å². The van der Waals surface area contributed by atoms with Crippen molar-refractivity contribution in [2.24, 2.45) is 23.7 Å². The zero-order valence-electron chi connectivity index (χ0n) is 36.1. The molecule has 1 aromatic rings. The Hall–Kier alpha value is -3.55. The van der Waals surface area contributed by atoms with Crippen LogP contribution in [0.25, 0.3) is 0 Å². The van der Waals surface area contributed by atoms with E-state index in [0.29, 0.717) is 25.9 Å². The van der Waals surface area contributed by atoms with E-state index in [0.717, 1.165) is 24.8 Å². The summed E-state index contributed by atoms with van der Waals surface area (Å²) in [4.78, 5) is 72.8. The number of likely N-dealkylation sites (tertiary alicyclic amines) is 1. The highest BCUT2D eigenvalue weighted by molar-refractivity contribution is 5.96. The molecule has 316 valence electrons. The first-order valence-electron chi connectivity index (χ1n) is 20.8. The van der Waals surface area contributed by atoms with E-state index in [4.69, 9.17) is 9.47 Å². The highest BCUT2D eigenvalue weighted by Crippen LogP contribution is 2.52. The lowest BCUT2D eigenvalue weighted by atomic mass is 9.89. The van der Waals surface area contributed by atoms with Crippen molar-refractivity contribution in [2.75, 3.05) is 41.4 Å². The number of carbonyl (C=O) groups excluding carboxylic acids is 5. The van der Waals surface area contributed by atoms with E-state index in [1.54, 1.807) is 45.0 Å². The van der Waals surface area contributed by atoms with E-state index in [-0.39, 0.29) is 65.7 Å². The van der Waals surface area contributed by atoms with Crippen molar-refractivity contribution in [1.82, 2.24) is 31.1 Å². The predicted molar refractivity (Wildman–Crippen MR) is 219 cm³/mol. The number of hydrogen-bond donors (Lipinski definition) is 4. The van der Waals surface area contributed by atoms with Crippen molar-refractivity contribution in [3.8, 4) is 0 Å². The van der Waals surface area contributed by atoms with E-state index in [9.17, 15) is 24.0 Å². The largest absolute Gasteiger partial charge is 0.379 e. The number of methoxy groups -OCH3 is 2. The first kappa shape index (κ1) is 46.8. The molecule has 2 aliphatic rings. The molecule has 0 aromatic heterocycles. The molecule has 56 heavy (non-hydrogen) atoms. The van der Waals surface area contributed by atoms with Gasteiger partial charge in [-0.05, 0) is 56.0 Å². The van der Waals surface area contributed by atoms with Crippen LogP contribution < -0.4 is 21.3 Å². The minimum atomic E-state index is -1.05. The van der Waals surface area contributed by atoms with Crippen molar-refractivity contribution in [2.45, 2.75) is 142 Å². The van der Waals surface area contributed by atoms with Crippen LogP contribution in [0, 0.1) is 23.7 Å². The second-order valence-electron chi connectivity index (χ2n) is 16.7. The van der Waals surface area contributed by atoms with Crippen LogP contribution in [0.5, 0.6) is 0 Å². The summed E-state index contributed by atoms with van der Waals surface area (Å²) in [5.41, 5.74) is -0.0527. The Balaban J connectivity index is 1.80. The number of nitrogens with one attached hydrogen (secondary N) is 4. The Morgan fingerprint density at radius 3 is 2.11 bits per heavy atom. The van der Waals surface area contributed by atoms with Gasteiger partial charge in [0, 0.05) is 40.3 Å². The fourth-order valence-corrected chi connectivity index (χ4v) is 8.58. The highest BCUT2D eigenvalue weighted by atomic mass is 16.5. The van der Waals surface area contributed by atoms with Crippen LogP contribution in [0.2, 0.25) is 0 Å². The van der Waals surface area contributed by atoms with Crippen molar-refractivity contribution < 1.29 is 33.4 Å². The van der Waals surface area contributed by atoms with Gasteiger partial charge >= 0.3 is 0 Å². The average molecular weight is 785 g/mol. The lowest BCUT2D eigenvalue weighted by molar-refractivity contribution is -0.148. The third kappa shape index (κ3) is 10.9. The standard InChI is InChI=1S/C43H72N6O7/c1-13-22-45-42(54)43(25-31(43)30-19-16-15-17-20-30)47-39(51)29(8)38(56-12)32-21-18-23-49(32)34(50)24-33(55-11)37(28(7)14-2)48(10)41(53)36(27(5)6)46-40(52)35(44-9)26(3)4/h15-17,19-20,26-29,31-33,35-38,44H,13-14,18,21-25H2,1-12H3,(H,45,54)(H,46,52)(H,47,51)/t28-,29+,31+,32-,33+,35-,36-,37-,38+,43-/m0/s1. The van der Waals surface area contributed by atoms with Gasteiger partial charge in [-0.25, -0.2) is 0 Å². The number of rotatable bonds is 22. The van der Waals surface area contributed by atoms with Crippen LogP contribution in [0.15, 0.2) is 30.3 Å². The van der Waals surface area contributed by atoms with Crippen LogP contribution in [-0.2, 0) is 33.4 Å². The van der Waals surface area contributed by atoms with E-state index >= 15 is 0 Å². The van der Waals surface area contributed by atoms with Gasteiger partial charge in [0.2, 0.25) is 29.5 Å². The molecule has 3 rings (SSSR count). The first-order valence-corrected chi connectivity index (χ1v) is 20.8. The molecule has 1 saturated carbocycles.